The second-order valence-corrected chi connectivity index (χ2v) is 15.4. The van der Waals surface area contributed by atoms with Crippen molar-refractivity contribution in [1.29, 1.82) is 0 Å². The number of hydrogen-bond donors (Lipinski definition) is 1. The topological polar surface area (TPSA) is 26.0 Å². The fraction of sp³-hybridized carbons (Fsp3) is 0.373. The number of nitrogens with two attached hydrogens (primary N) is 1. The van der Waals surface area contributed by atoms with Crippen molar-refractivity contribution in [2.24, 2.45) is 11.7 Å². The van der Waals surface area contributed by atoms with Crippen LogP contribution in [0, 0.1) is 5.92 Å². The van der Waals surface area contributed by atoms with Crippen LogP contribution in [0.3, 0.4) is 0 Å². The molecule has 0 spiro atoms. The summed E-state index contributed by atoms with van der Waals surface area (Å²) in [6.07, 6.45) is 27.5. The summed E-state index contributed by atoms with van der Waals surface area (Å²) in [5.74, 6) is 0.267. The van der Waals surface area contributed by atoms with Crippen LogP contribution in [0.4, 0.5) is 0 Å². The van der Waals surface area contributed by atoms with Crippen LogP contribution in [-0.2, 0) is 5.41 Å². The van der Waals surface area contributed by atoms with Gasteiger partial charge in [-0.1, -0.05) is 207 Å². The minimum atomic E-state index is 0.0362. The zero-order valence-electron chi connectivity index (χ0n) is 32.2. The number of benzene rings is 4. The number of rotatable bonds is 18. The molecule has 0 bridgehead atoms. The third kappa shape index (κ3) is 8.63. The van der Waals surface area contributed by atoms with Crippen molar-refractivity contribution in [3.63, 3.8) is 0 Å². The summed E-state index contributed by atoms with van der Waals surface area (Å²) in [6.45, 7) is 6.91. The Labute approximate surface area is 315 Å². The molecule has 0 saturated carbocycles. The average Bonchev–Trinajstić information content (AvgIpc) is 3.46. The van der Waals surface area contributed by atoms with E-state index in [9.17, 15) is 0 Å². The summed E-state index contributed by atoms with van der Waals surface area (Å²) >= 11 is 0. The third-order valence-corrected chi connectivity index (χ3v) is 11.7. The summed E-state index contributed by atoms with van der Waals surface area (Å²) < 4.78 is 0. The molecule has 1 unspecified atom stereocenters. The fourth-order valence-corrected chi connectivity index (χ4v) is 8.73. The predicted octanol–water partition coefficient (Wildman–Crippen LogP) is 14.5. The Hall–Kier alpha value is -4.36. The molecule has 4 aromatic rings. The van der Waals surface area contributed by atoms with Gasteiger partial charge in [0, 0.05) is 11.1 Å². The van der Waals surface area contributed by atoms with Crippen LogP contribution in [-0.4, -0.2) is 0 Å². The molecule has 0 aliphatic heterocycles. The van der Waals surface area contributed by atoms with Gasteiger partial charge in [0.15, 0.2) is 0 Å². The van der Waals surface area contributed by atoms with E-state index < -0.39 is 0 Å². The second kappa shape index (κ2) is 18.4. The molecule has 0 heterocycles. The van der Waals surface area contributed by atoms with Crippen molar-refractivity contribution < 1.29 is 0 Å². The van der Waals surface area contributed by atoms with E-state index in [0.29, 0.717) is 0 Å². The summed E-state index contributed by atoms with van der Waals surface area (Å²) in [5, 5.41) is 0. The van der Waals surface area contributed by atoms with Crippen LogP contribution >= 0.6 is 0 Å². The van der Waals surface area contributed by atoms with Gasteiger partial charge in [-0.3, -0.25) is 0 Å². The van der Waals surface area contributed by atoms with Gasteiger partial charge in [0.25, 0.3) is 0 Å². The Balaban J connectivity index is 1.40. The SMILES string of the molecule is CCCCCCCCC1(CCCCCCCC)c2ccccc2-c2ccc(/C(N)=C/C(=C3/C=C(c4ccccc4)C=CC3C)c3ccccc3)cc21. The Morgan fingerprint density at radius 3 is 1.87 bits per heavy atom. The van der Waals surface area contributed by atoms with Gasteiger partial charge in [-0.05, 0) is 92.6 Å². The molecule has 0 fully saturated rings. The van der Waals surface area contributed by atoms with Gasteiger partial charge >= 0.3 is 0 Å². The van der Waals surface area contributed by atoms with Gasteiger partial charge in [0.1, 0.15) is 0 Å². The highest BCUT2D eigenvalue weighted by Gasteiger charge is 2.42. The van der Waals surface area contributed by atoms with Gasteiger partial charge in [-0.2, -0.15) is 0 Å². The largest absolute Gasteiger partial charge is 0.398 e. The molecule has 4 aromatic carbocycles. The van der Waals surface area contributed by atoms with Crippen LogP contribution in [0.15, 0.2) is 133 Å². The van der Waals surface area contributed by atoms with E-state index in [2.05, 4.69) is 148 Å². The number of fused-ring (bicyclic) bond motifs is 3. The zero-order chi connectivity index (χ0) is 36.2. The second-order valence-electron chi connectivity index (χ2n) is 15.4. The van der Waals surface area contributed by atoms with Crippen molar-refractivity contribution in [2.45, 2.75) is 116 Å². The van der Waals surface area contributed by atoms with Crippen molar-refractivity contribution in [3.8, 4) is 11.1 Å². The lowest BCUT2D eigenvalue weighted by molar-refractivity contribution is 0.398. The molecule has 0 amide bonds. The van der Waals surface area contributed by atoms with Crippen LogP contribution in [0.2, 0.25) is 0 Å². The molecule has 2 N–H and O–H groups in total. The van der Waals surface area contributed by atoms with E-state index in [1.54, 1.807) is 5.56 Å². The maximum absolute atomic E-state index is 7.24. The van der Waals surface area contributed by atoms with Gasteiger partial charge in [0.2, 0.25) is 0 Å². The van der Waals surface area contributed by atoms with Gasteiger partial charge in [-0.25, -0.2) is 0 Å². The van der Waals surface area contributed by atoms with Gasteiger partial charge in [0.05, 0.1) is 0 Å². The van der Waals surface area contributed by atoms with Crippen molar-refractivity contribution >= 4 is 16.8 Å². The van der Waals surface area contributed by atoms with E-state index in [-0.39, 0.29) is 11.3 Å². The summed E-state index contributed by atoms with van der Waals surface area (Å²) in [6, 6.07) is 38.0. The Bertz CT molecular complexity index is 1850. The normalized spacial score (nSPS) is 17.1. The molecule has 2 aliphatic carbocycles. The summed E-state index contributed by atoms with van der Waals surface area (Å²) in [7, 11) is 0. The lowest BCUT2D eigenvalue weighted by Gasteiger charge is -2.33. The molecule has 1 heteroatoms. The average molecular weight is 688 g/mol. The molecule has 0 aromatic heterocycles. The predicted molar refractivity (Wildman–Crippen MR) is 227 cm³/mol. The lowest BCUT2D eigenvalue weighted by Crippen LogP contribution is -2.25. The van der Waals surface area contributed by atoms with Crippen molar-refractivity contribution in [3.05, 3.63) is 161 Å². The van der Waals surface area contributed by atoms with E-state index in [4.69, 9.17) is 5.73 Å². The Morgan fingerprint density at radius 2 is 1.19 bits per heavy atom. The van der Waals surface area contributed by atoms with E-state index >= 15 is 0 Å². The molecular weight excluding hydrogens is 627 g/mol. The lowest BCUT2D eigenvalue weighted by atomic mass is 9.70. The number of allylic oxidation sites excluding steroid dienone is 7. The molecular formula is C51H61N. The molecule has 0 saturated heterocycles. The first-order valence-corrected chi connectivity index (χ1v) is 20.5. The van der Waals surface area contributed by atoms with E-state index in [1.165, 1.54) is 134 Å². The molecule has 1 atom stereocenters. The smallest absolute Gasteiger partial charge is 0.0394 e. The third-order valence-electron chi connectivity index (χ3n) is 11.7. The minimum Gasteiger partial charge on any atom is -0.398 e. The van der Waals surface area contributed by atoms with E-state index in [1.807, 2.05) is 0 Å². The molecule has 0 radical (unpaired) electrons. The number of unbranched alkanes of at least 4 members (excludes halogenated alkanes) is 10. The molecule has 52 heavy (non-hydrogen) atoms. The molecule has 270 valence electrons. The first-order chi connectivity index (χ1) is 25.6. The fourth-order valence-electron chi connectivity index (χ4n) is 8.73. The quantitative estimate of drug-likeness (QED) is 0.104. The van der Waals surface area contributed by atoms with Crippen molar-refractivity contribution in [2.75, 3.05) is 0 Å². The first kappa shape index (κ1) is 37.4. The molecule has 6 rings (SSSR count). The highest BCUT2D eigenvalue weighted by molar-refractivity contribution is 5.91. The Morgan fingerprint density at radius 1 is 0.615 bits per heavy atom. The highest BCUT2D eigenvalue weighted by Crippen LogP contribution is 2.54. The van der Waals surface area contributed by atoms with Gasteiger partial charge < -0.3 is 5.73 Å². The van der Waals surface area contributed by atoms with E-state index in [0.717, 1.165) is 11.3 Å². The van der Waals surface area contributed by atoms with Crippen LogP contribution < -0.4 is 5.73 Å². The first-order valence-electron chi connectivity index (χ1n) is 20.5. The van der Waals surface area contributed by atoms with Crippen LogP contribution in [0.1, 0.15) is 138 Å². The van der Waals surface area contributed by atoms with Crippen LogP contribution in [0.5, 0.6) is 0 Å². The highest BCUT2D eigenvalue weighted by atomic mass is 14.6. The van der Waals surface area contributed by atoms with Gasteiger partial charge in [-0.15, -0.1) is 0 Å². The van der Waals surface area contributed by atoms with Crippen molar-refractivity contribution in [1.82, 2.24) is 0 Å². The summed E-state index contributed by atoms with van der Waals surface area (Å²) in [5.41, 5.74) is 21.3. The monoisotopic (exact) mass is 687 g/mol. The molecule has 2 aliphatic rings. The number of hydrogen-bond acceptors (Lipinski definition) is 1. The maximum atomic E-state index is 7.24. The summed E-state index contributed by atoms with van der Waals surface area (Å²) in [4.78, 5) is 0. The standard InChI is InChI=1S/C51H61N/c1-4-6-8-10-12-22-34-51(35-23-13-11-9-7-5-2)48-29-21-20-28-44(48)45-33-32-43(37-49(45)51)50(52)38-47(41-26-18-15-19-27-41)46-36-42(31-30-39(46)3)40-24-16-14-17-25-40/h14-21,24-33,36-39H,4-13,22-23,34-35,52H2,1-3H3/b47-46+,50-38-. The maximum Gasteiger partial charge on any atom is 0.0394 e. The minimum absolute atomic E-state index is 0.0362. The Kier molecular flexibility index (Phi) is 13.2. The zero-order valence-corrected chi connectivity index (χ0v) is 32.2. The molecule has 1 nitrogen and oxygen atoms in total. The van der Waals surface area contributed by atoms with Crippen LogP contribution in [0.25, 0.3) is 28.0 Å².